The summed E-state index contributed by atoms with van der Waals surface area (Å²) in [4.78, 5) is 30.0. The molecule has 1 heterocycles. The molecule has 1 fully saturated rings. The number of carbonyl (C=O) groups is 2. The topological polar surface area (TPSA) is 77.5 Å². The van der Waals surface area contributed by atoms with Gasteiger partial charge in [-0.2, -0.15) is 0 Å². The molecular formula is C26H28N2O4. The van der Waals surface area contributed by atoms with Gasteiger partial charge in [0.15, 0.2) is 6.61 Å². The Bertz CT molecular complexity index is 1110. The summed E-state index contributed by atoms with van der Waals surface area (Å²) in [6.07, 6.45) is 4.41. The average molecular weight is 433 g/mol. The van der Waals surface area contributed by atoms with E-state index in [0.717, 1.165) is 30.6 Å². The van der Waals surface area contributed by atoms with Crippen LogP contribution in [0.5, 0.6) is 5.75 Å². The third kappa shape index (κ3) is 4.90. The van der Waals surface area contributed by atoms with Crippen molar-refractivity contribution in [2.45, 2.75) is 38.6 Å². The molecule has 4 rings (SSSR count). The molecule has 32 heavy (non-hydrogen) atoms. The molecule has 1 N–H and O–H groups in total. The first kappa shape index (κ1) is 21.8. The maximum Gasteiger partial charge on any atom is 0.339 e. The molecule has 166 valence electrons. The van der Waals surface area contributed by atoms with E-state index >= 15 is 0 Å². The van der Waals surface area contributed by atoms with Crippen molar-refractivity contribution in [3.05, 3.63) is 60.2 Å². The highest BCUT2D eigenvalue weighted by Gasteiger charge is 2.23. The number of carbonyl (C=O) groups excluding carboxylic acids is 2. The first-order chi connectivity index (χ1) is 15.5. The summed E-state index contributed by atoms with van der Waals surface area (Å²) in [6.45, 7) is 1.86. The number of amides is 1. The fourth-order valence-electron chi connectivity index (χ4n) is 4.24. The SMILES string of the molecule is COc1ccc(-c2cc(C(=O)OCC(=O)NC3CCCCC3C)c3ccccc3n2)cc1. The molecule has 6 nitrogen and oxygen atoms in total. The first-order valence-electron chi connectivity index (χ1n) is 11.1. The Morgan fingerprint density at radius 3 is 2.56 bits per heavy atom. The number of benzene rings is 2. The molecule has 0 radical (unpaired) electrons. The highest BCUT2D eigenvalue weighted by molar-refractivity contribution is 6.05. The zero-order valence-electron chi connectivity index (χ0n) is 18.5. The van der Waals surface area contributed by atoms with E-state index in [2.05, 4.69) is 12.2 Å². The number of pyridine rings is 1. The van der Waals surface area contributed by atoms with Crippen LogP contribution in [0, 0.1) is 5.92 Å². The number of fused-ring (bicyclic) bond motifs is 1. The van der Waals surface area contributed by atoms with Gasteiger partial charge in [-0.1, -0.05) is 38.0 Å². The molecule has 0 spiro atoms. The minimum absolute atomic E-state index is 0.151. The molecule has 2 unspecified atom stereocenters. The zero-order valence-corrected chi connectivity index (χ0v) is 18.5. The smallest absolute Gasteiger partial charge is 0.339 e. The predicted octanol–water partition coefficient (Wildman–Crippen LogP) is 4.76. The summed E-state index contributed by atoms with van der Waals surface area (Å²) >= 11 is 0. The molecule has 2 aromatic carbocycles. The lowest BCUT2D eigenvalue weighted by Gasteiger charge is -2.29. The minimum Gasteiger partial charge on any atom is -0.497 e. The lowest BCUT2D eigenvalue weighted by Crippen LogP contribution is -2.42. The molecule has 0 aliphatic heterocycles. The van der Waals surface area contributed by atoms with Crippen LogP contribution < -0.4 is 10.1 Å². The van der Waals surface area contributed by atoms with Gasteiger partial charge in [-0.3, -0.25) is 4.79 Å². The molecule has 1 amide bonds. The van der Waals surface area contributed by atoms with E-state index in [1.807, 2.05) is 48.5 Å². The van der Waals surface area contributed by atoms with Crippen molar-refractivity contribution >= 4 is 22.8 Å². The highest BCUT2D eigenvalue weighted by Crippen LogP contribution is 2.27. The second kappa shape index (κ2) is 9.81. The van der Waals surface area contributed by atoms with Crippen LogP contribution in [-0.4, -0.2) is 36.6 Å². The van der Waals surface area contributed by atoms with E-state index in [1.54, 1.807) is 13.2 Å². The standard InChI is InChI=1S/C26H28N2O4/c1-17-7-3-5-9-22(17)28-25(29)16-32-26(30)21-15-24(18-11-13-19(31-2)14-12-18)27-23-10-6-4-8-20(21)23/h4,6,8,10-15,17,22H,3,5,7,9,16H2,1-2H3,(H,28,29). The van der Waals surface area contributed by atoms with E-state index in [-0.39, 0.29) is 18.6 Å². The van der Waals surface area contributed by atoms with Crippen LogP contribution in [0.3, 0.4) is 0 Å². The molecule has 6 heteroatoms. The van der Waals surface area contributed by atoms with Crippen molar-refractivity contribution in [2.75, 3.05) is 13.7 Å². The van der Waals surface area contributed by atoms with Crippen LogP contribution in [0.15, 0.2) is 54.6 Å². The van der Waals surface area contributed by atoms with Crippen LogP contribution in [0.2, 0.25) is 0 Å². The van der Waals surface area contributed by atoms with Crippen LogP contribution in [0.4, 0.5) is 0 Å². The Hall–Kier alpha value is -3.41. The number of rotatable bonds is 6. The number of ether oxygens (including phenoxy) is 2. The number of methoxy groups -OCH3 is 1. The van der Waals surface area contributed by atoms with Crippen molar-refractivity contribution in [3.63, 3.8) is 0 Å². The Morgan fingerprint density at radius 1 is 1.06 bits per heavy atom. The van der Waals surface area contributed by atoms with Crippen LogP contribution in [0.25, 0.3) is 22.2 Å². The van der Waals surface area contributed by atoms with E-state index in [0.29, 0.717) is 28.1 Å². The van der Waals surface area contributed by atoms with Gasteiger partial charge < -0.3 is 14.8 Å². The van der Waals surface area contributed by atoms with Gasteiger partial charge in [-0.15, -0.1) is 0 Å². The average Bonchev–Trinajstić information content (AvgIpc) is 2.83. The van der Waals surface area contributed by atoms with Crippen LogP contribution >= 0.6 is 0 Å². The van der Waals surface area contributed by atoms with Crippen LogP contribution in [0.1, 0.15) is 43.0 Å². The molecule has 1 aromatic heterocycles. The normalized spacial score (nSPS) is 18.2. The third-order valence-corrected chi connectivity index (χ3v) is 6.11. The predicted molar refractivity (Wildman–Crippen MR) is 124 cm³/mol. The summed E-state index contributed by atoms with van der Waals surface area (Å²) in [5, 5.41) is 3.71. The zero-order chi connectivity index (χ0) is 22.5. The van der Waals surface area contributed by atoms with Gasteiger partial charge in [0.1, 0.15) is 5.75 Å². The molecule has 1 aliphatic rings. The summed E-state index contributed by atoms with van der Waals surface area (Å²) in [5.74, 6) is 0.392. The summed E-state index contributed by atoms with van der Waals surface area (Å²) in [5.41, 5.74) is 2.59. The second-order valence-corrected chi connectivity index (χ2v) is 8.31. The van der Waals surface area contributed by atoms with E-state index in [9.17, 15) is 9.59 Å². The van der Waals surface area contributed by atoms with Crippen molar-refractivity contribution in [2.24, 2.45) is 5.92 Å². The number of nitrogens with zero attached hydrogens (tertiary/aromatic N) is 1. The molecule has 0 saturated heterocycles. The van der Waals surface area contributed by atoms with E-state index in [1.165, 1.54) is 6.42 Å². The molecule has 0 bridgehead atoms. The highest BCUT2D eigenvalue weighted by atomic mass is 16.5. The maximum atomic E-state index is 13.0. The van der Waals surface area contributed by atoms with Crippen molar-refractivity contribution in [1.82, 2.24) is 10.3 Å². The number of para-hydroxylation sites is 1. The quantitative estimate of drug-likeness (QED) is 0.568. The van der Waals surface area contributed by atoms with Crippen molar-refractivity contribution < 1.29 is 19.1 Å². The summed E-state index contributed by atoms with van der Waals surface area (Å²) in [6, 6.07) is 16.8. The van der Waals surface area contributed by atoms with Gasteiger partial charge in [0.25, 0.3) is 5.91 Å². The Balaban J connectivity index is 1.53. The molecule has 1 saturated carbocycles. The largest absolute Gasteiger partial charge is 0.497 e. The fraction of sp³-hybridized carbons (Fsp3) is 0.346. The van der Waals surface area contributed by atoms with Gasteiger partial charge in [-0.25, -0.2) is 9.78 Å². The number of hydrogen-bond acceptors (Lipinski definition) is 5. The second-order valence-electron chi connectivity index (χ2n) is 8.31. The monoisotopic (exact) mass is 432 g/mol. The van der Waals surface area contributed by atoms with Gasteiger partial charge in [0.05, 0.1) is 23.9 Å². The molecule has 3 aromatic rings. The fourth-order valence-corrected chi connectivity index (χ4v) is 4.24. The van der Waals surface area contributed by atoms with Crippen LogP contribution in [-0.2, 0) is 9.53 Å². The Morgan fingerprint density at radius 2 is 1.81 bits per heavy atom. The van der Waals surface area contributed by atoms with Crippen molar-refractivity contribution in [3.8, 4) is 17.0 Å². The first-order valence-corrected chi connectivity index (χ1v) is 11.1. The van der Waals surface area contributed by atoms with Gasteiger partial charge >= 0.3 is 5.97 Å². The molecular weight excluding hydrogens is 404 g/mol. The maximum absolute atomic E-state index is 13.0. The number of nitrogens with one attached hydrogen (secondary N) is 1. The van der Waals surface area contributed by atoms with Gasteiger partial charge in [-0.05, 0) is 55.2 Å². The summed E-state index contributed by atoms with van der Waals surface area (Å²) < 4.78 is 10.6. The number of hydrogen-bond donors (Lipinski definition) is 1. The van der Waals surface area contributed by atoms with Gasteiger partial charge in [0.2, 0.25) is 0 Å². The lowest BCUT2D eigenvalue weighted by molar-refractivity contribution is -0.125. The minimum atomic E-state index is -0.537. The Labute approximate surface area is 187 Å². The van der Waals surface area contributed by atoms with Crippen molar-refractivity contribution in [1.29, 1.82) is 0 Å². The van der Waals surface area contributed by atoms with E-state index in [4.69, 9.17) is 14.5 Å². The molecule has 2 atom stereocenters. The number of aromatic nitrogens is 1. The van der Waals surface area contributed by atoms with E-state index < -0.39 is 5.97 Å². The summed E-state index contributed by atoms with van der Waals surface area (Å²) in [7, 11) is 1.61. The Kier molecular flexibility index (Phi) is 6.69. The third-order valence-electron chi connectivity index (χ3n) is 6.11. The van der Waals surface area contributed by atoms with Gasteiger partial charge in [0, 0.05) is 17.0 Å². The molecule has 1 aliphatic carbocycles. The lowest BCUT2D eigenvalue weighted by atomic mass is 9.86. The number of esters is 1.